The van der Waals surface area contributed by atoms with E-state index in [2.05, 4.69) is 5.32 Å². The number of benzene rings is 2. The molecule has 1 aliphatic carbocycles. The van der Waals surface area contributed by atoms with Gasteiger partial charge in [-0.3, -0.25) is 0 Å². The quantitative estimate of drug-likeness (QED) is 0.473. The smallest absolute Gasteiger partial charge is 0.410 e. The molecule has 0 bridgehead atoms. The maximum atomic E-state index is 13.5. The molecule has 1 unspecified atom stereocenters. The molecule has 0 aromatic heterocycles. The minimum Gasteiger partial charge on any atom is -0.445 e. The largest absolute Gasteiger partial charge is 0.445 e. The highest BCUT2D eigenvalue weighted by atomic mass is 32.2. The van der Waals surface area contributed by atoms with Crippen molar-refractivity contribution in [3.8, 4) is 0 Å². The monoisotopic (exact) mass is 569 g/mol. The fraction of sp³-hybridized carbons (Fsp3) is 0.467. The molecule has 1 saturated heterocycles. The van der Waals surface area contributed by atoms with Crippen molar-refractivity contribution in [1.82, 2.24) is 14.5 Å². The Morgan fingerprint density at radius 3 is 2.33 bits per heavy atom. The first kappa shape index (κ1) is 29.6. The molecule has 1 saturated carbocycles. The summed E-state index contributed by atoms with van der Waals surface area (Å²) < 4.78 is 39.4. The van der Waals surface area contributed by atoms with Crippen molar-refractivity contribution in [3.05, 3.63) is 78.4 Å². The molecule has 2 aromatic rings. The number of carbonyl (C=O) groups excluding carboxylic acids is 2. The van der Waals surface area contributed by atoms with Crippen LogP contribution in [0.2, 0.25) is 0 Å². The van der Waals surface area contributed by atoms with Crippen molar-refractivity contribution in [3.63, 3.8) is 0 Å². The zero-order valence-electron chi connectivity index (χ0n) is 23.4. The molecule has 1 aliphatic heterocycles. The molecule has 2 aliphatic rings. The van der Waals surface area contributed by atoms with E-state index < -0.39 is 33.9 Å². The second kappa shape index (κ2) is 12.9. The van der Waals surface area contributed by atoms with E-state index in [0.29, 0.717) is 0 Å². The van der Waals surface area contributed by atoms with Crippen molar-refractivity contribution in [2.45, 2.75) is 69.2 Å². The van der Waals surface area contributed by atoms with E-state index in [1.54, 1.807) is 56.0 Å². The van der Waals surface area contributed by atoms with Crippen molar-refractivity contribution < 1.29 is 27.5 Å². The molecular weight excluding hydrogens is 530 g/mol. The van der Waals surface area contributed by atoms with Crippen LogP contribution < -0.4 is 5.32 Å². The van der Waals surface area contributed by atoms with Crippen LogP contribution in [0.4, 0.5) is 9.59 Å². The van der Waals surface area contributed by atoms with Crippen molar-refractivity contribution in [2.24, 2.45) is 5.92 Å². The molecular formula is C30H39N3O6S. The number of carbonyl (C=O) groups is 2. The Hall–Kier alpha value is -3.37. The number of alkyl carbamates (subject to hydrolysis) is 1. The maximum absolute atomic E-state index is 13.5. The minimum atomic E-state index is -3.77. The van der Waals surface area contributed by atoms with Crippen molar-refractivity contribution in [2.75, 3.05) is 19.6 Å². The second-order valence-corrected chi connectivity index (χ2v) is 13.2. The summed E-state index contributed by atoms with van der Waals surface area (Å²) in [6.07, 6.45) is 5.39. The number of ether oxygens (including phenoxy) is 2. The Bertz CT molecular complexity index is 1280. The van der Waals surface area contributed by atoms with Crippen molar-refractivity contribution >= 4 is 22.2 Å². The van der Waals surface area contributed by atoms with Crippen LogP contribution in [0.1, 0.15) is 45.6 Å². The molecule has 2 fully saturated rings. The fourth-order valence-corrected chi connectivity index (χ4v) is 6.60. The van der Waals surface area contributed by atoms with Gasteiger partial charge in [-0.05, 0) is 63.6 Å². The number of amides is 2. The average Bonchev–Trinajstić information content (AvgIpc) is 3.37. The first-order valence-corrected chi connectivity index (χ1v) is 15.2. The van der Waals surface area contributed by atoms with Crippen LogP contribution in [-0.4, -0.2) is 67.1 Å². The third-order valence-electron chi connectivity index (χ3n) is 6.98. The minimum absolute atomic E-state index is 0.0216. The Balaban J connectivity index is 1.40. The van der Waals surface area contributed by atoms with E-state index in [9.17, 15) is 18.0 Å². The third kappa shape index (κ3) is 8.08. The summed E-state index contributed by atoms with van der Waals surface area (Å²) >= 11 is 0. The fourth-order valence-electron chi connectivity index (χ4n) is 5.01. The van der Waals surface area contributed by atoms with Crippen LogP contribution in [0.3, 0.4) is 0 Å². The van der Waals surface area contributed by atoms with Gasteiger partial charge in [-0.25, -0.2) is 18.0 Å². The topological polar surface area (TPSA) is 105 Å². The normalized spacial score (nSPS) is 22.3. The summed E-state index contributed by atoms with van der Waals surface area (Å²) in [6.45, 7) is 6.22. The maximum Gasteiger partial charge on any atom is 0.410 e. The predicted molar refractivity (Wildman–Crippen MR) is 152 cm³/mol. The number of allylic oxidation sites excluding steroid dienone is 1. The Labute approximate surface area is 237 Å². The van der Waals surface area contributed by atoms with Gasteiger partial charge < -0.3 is 19.7 Å². The summed E-state index contributed by atoms with van der Waals surface area (Å²) in [6, 6.07) is 17.3. The van der Waals surface area contributed by atoms with Gasteiger partial charge in [0.25, 0.3) is 0 Å². The molecule has 1 N–H and O–H groups in total. The van der Waals surface area contributed by atoms with Crippen LogP contribution in [0.25, 0.3) is 0 Å². The third-order valence-corrected chi connectivity index (χ3v) is 8.92. The van der Waals surface area contributed by atoms with Crippen LogP contribution in [-0.2, 0) is 26.1 Å². The highest BCUT2D eigenvalue weighted by Crippen LogP contribution is 2.29. The summed E-state index contributed by atoms with van der Waals surface area (Å²) in [4.78, 5) is 26.9. The lowest BCUT2D eigenvalue weighted by Crippen LogP contribution is -2.56. The highest BCUT2D eigenvalue weighted by Gasteiger charge is 2.38. The molecule has 1 heterocycles. The molecule has 10 heteroatoms. The van der Waals surface area contributed by atoms with E-state index in [4.69, 9.17) is 9.47 Å². The zero-order valence-corrected chi connectivity index (χ0v) is 24.2. The number of rotatable bonds is 7. The molecule has 216 valence electrons. The Morgan fingerprint density at radius 1 is 0.975 bits per heavy atom. The number of hydrogen-bond donors (Lipinski definition) is 1. The van der Waals surface area contributed by atoms with Gasteiger partial charge in [-0.15, -0.1) is 0 Å². The van der Waals surface area contributed by atoms with Gasteiger partial charge in [0.15, 0.2) is 0 Å². The van der Waals surface area contributed by atoms with Gasteiger partial charge in [0.1, 0.15) is 12.2 Å². The zero-order chi connectivity index (χ0) is 28.8. The number of nitrogens with one attached hydrogen (secondary N) is 1. The van der Waals surface area contributed by atoms with E-state index in [1.807, 2.05) is 42.5 Å². The van der Waals surface area contributed by atoms with Gasteiger partial charge >= 0.3 is 12.2 Å². The standard InChI is InChI=1S/C30H39N3O6S/c1-30(2,3)39-29(35)32-18-19-33(40(36,37)27-12-8-5-9-13-27)26(21-32)17-15-23-14-16-25(20-23)31-28(34)38-22-24-10-6-4-7-11-24/h4-13,15,17,23,25-26H,14,16,18-22H2,1-3H3,(H,31,34)/b17-15-/t23?,25-,26-/m0/s1. The number of piperazine rings is 1. The molecule has 0 radical (unpaired) electrons. The molecule has 40 heavy (non-hydrogen) atoms. The first-order chi connectivity index (χ1) is 19.0. The van der Waals surface area contributed by atoms with Gasteiger partial charge in [-0.2, -0.15) is 4.31 Å². The summed E-state index contributed by atoms with van der Waals surface area (Å²) in [5.41, 5.74) is 0.275. The van der Waals surface area contributed by atoms with Crippen molar-refractivity contribution in [1.29, 1.82) is 0 Å². The van der Waals surface area contributed by atoms with Gasteiger partial charge in [0, 0.05) is 25.7 Å². The number of hydrogen-bond acceptors (Lipinski definition) is 6. The van der Waals surface area contributed by atoms with Crippen LogP contribution in [0, 0.1) is 5.92 Å². The SMILES string of the molecule is CC(C)(C)OC(=O)N1CCN(S(=O)(=O)c2ccccc2)[C@@H](/C=C\C2CC[C@H](NC(=O)OCc3ccccc3)C2)C1. The second-order valence-electron chi connectivity index (χ2n) is 11.3. The summed E-state index contributed by atoms with van der Waals surface area (Å²) in [5, 5.41) is 2.94. The number of nitrogens with zero attached hydrogens (tertiary/aromatic N) is 2. The molecule has 4 rings (SSSR count). The molecule has 2 aromatic carbocycles. The molecule has 2 amide bonds. The highest BCUT2D eigenvalue weighted by molar-refractivity contribution is 7.89. The predicted octanol–water partition coefficient (Wildman–Crippen LogP) is 4.95. The summed E-state index contributed by atoms with van der Waals surface area (Å²) in [7, 11) is -3.77. The lowest BCUT2D eigenvalue weighted by atomic mass is 10.1. The van der Waals surface area contributed by atoms with Gasteiger partial charge in [-0.1, -0.05) is 60.7 Å². The first-order valence-electron chi connectivity index (χ1n) is 13.7. The van der Waals surface area contributed by atoms with E-state index >= 15 is 0 Å². The van der Waals surface area contributed by atoms with E-state index in [0.717, 1.165) is 24.8 Å². The van der Waals surface area contributed by atoms with E-state index in [-0.39, 0.29) is 43.1 Å². The van der Waals surface area contributed by atoms with E-state index in [1.165, 1.54) is 4.31 Å². The van der Waals surface area contributed by atoms with Crippen LogP contribution >= 0.6 is 0 Å². The average molecular weight is 570 g/mol. The van der Waals surface area contributed by atoms with Crippen LogP contribution in [0.15, 0.2) is 77.7 Å². The van der Waals surface area contributed by atoms with Crippen LogP contribution in [0.5, 0.6) is 0 Å². The Kier molecular flexibility index (Phi) is 9.52. The Morgan fingerprint density at radius 2 is 1.65 bits per heavy atom. The number of sulfonamides is 1. The lowest BCUT2D eigenvalue weighted by molar-refractivity contribution is 0.0158. The molecule has 3 atom stereocenters. The summed E-state index contributed by atoms with van der Waals surface area (Å²) in [5.74, 6) is 0.164. The lowest BCUT2D eigenvalue weighted by Gasteiger charge is -2.39. The van der Waals surface area contributed by atoms with Gasteiger partial charge in [0.2, 0.25) is 10.0 Å². The molecule has 9 nitrogen and oxygen atoms in total. The molecule has 0 spiro atoms. The van der Waals surface area contributed by atoms with Gasteiger partial charge in [0.05, 0.1) is 10.9 Å².